The highest BCUT2D eigenvalue weighted by atomic mass is 15.4. The second-order valence-electron chi connectivity index (χ2n) is 10.1. The lowest BCUT2D eigenvalue weighted by molar-refractivity contribution is 0.390. The number of hydrogen-bond donors (Lipinski definition) is 0. The average molecular weight is 468 g/mol. The van der Waals surface area contributed by atoms with Gasteiger partial charge < -0.3 is 9.80 Å². The predicted octanol–water partition coefficient (Wildman–Crippen LogP) is 7.29. The normalized spacial score (nSPS) is 27.1. The Balaban J connectivity index is 1.31. The molecule has 3 aromatic rings. The number of aliphatic imine (C=N–C) groups is 1. The van der Waals surface area contributed by atoms with E-state index in [1.807, 2.05) is 0 Å². The topological polar surface area (TPSA) is 18.8 Å². The Kier molecular flexibility index (Phi) is 4.85. The van der Waals surface area contributed by atoms with Crippen LogP contribution in [0.5, 0.6) is 0 Å². The quantitative estimate of drug-likeness (QED) is 0.375. The van der Waals surface area contributed by atoms with Gasteiger partial charge in [-0.2, -0.15) is 0 Å². The smallest absolute Gasteiger partial charge is 0.114 e. The van der Waals surface area contributed by atoms with Gasteiger partial charge in [0.2, 0.25) is 0 Å². The minimum atomic E-state index is -0.169. The highest BCUT2D eigenvalue weighted by molar-refractivity contribution is 6.11. The van der Waals surface area contributed by atoms with E-state index >= 15 is 0 Å². The molecule has 3 unspecified atom stereocenters. The van der Waals surface area contributed by atoms with E-state index < -0.39 is 0 Å². The first-order valence-electron chi connectivity index (χ1n) is 12.8. The van der Waals surface area contributed by atoms with E-state index in [0.29, 0.717) is 5.92 Å². The van der Waals surface area contributed by atoms with Crippen molar-refractivity contribution in [1.29, 1.82) is 0 Å². The molecular formula is C33H29N3. The van der Waals surface area contributed by atoms with Crippen molar-refractivity contribution in [2.75, 3.05) is 9.80 Å². The standard InChI is InChI=1S/C33H29N3/c1-24-12-7-10-18-30(24)36-21-20-35(26-13-4-2-5-14-26)31(36)22-25-23-33-19-11-3-6-17-29(34-33)27-15-8-9-16-28(27)32(25)33/h2-18,20-21,23,31-32H,19,22H2,1H3/b11-3-,17-6-. The van der Waals surface area contributed by atoms with Gasteiger partial charge in [0, 0.05) is 41.7 Å². The second-order valence-corrected chi connectivity index (χ2v) is 10.1. The van der Waals surface area contributed by atoms with Crippen LogP contribution in [0.15, 0.2) is 132 Å². The van der Waals surface area contributed by atoms with Crippen molar-refractivity contribution in [1.82, 2.24) is 0 Å². The minimum Gasteiger partial charge on any atom is -0.325 e. The third kappa shape index (κ3) is 3.23. The Bertz CT molecular complexity index is 1480. The third-order valence-electron chi connectivity index (χ3n) is 8.02. The fourth-order valence-electron chi connectivity index (χ4n) is 6.39. The summed E-state index contributed by atoms with van der Waals surface area (Å²) < 4.78 is 0. The van der Waals surface area contributed by atoms with Crippen LogP contribution in [0.1, 0.15) is 35.4 Å². The van der Waals surface area contributed by atoms with Crippen molar-refractivity contribution >= 4 is 17.1 Å². The van der Waals surface area contributed by atoms with E-state index in [1.165, 1.54) is 33.6 Å². The minimum absolute atomic E-state index is 0.165. The molecule has 0 saturated heterocycles. The molecule has 36 heavy (non-hydrogen) atoms. The molecule has 0 aromatic heterocycles. The summed E-state index contributed by atoms with van der Waals surface area (Å²) in [6, 6.07) is 28.3. The van der Waals surface area contributed by atoms with Crippen LogP contribution < -0.4 is 9.80 Å². The molecule has 2 bridgehead atoms. The molecule has 3 atom stereocenters. The van der Waals surface area contributed by atoms with Crippen molar-refractivity contribution in [3.05, 3.63) is 144 Å². The molecule has 0 fully saturated rings. The predicted molar refractivity (Wildman–Crippen MR) is 150 cm³/mol. The van der Waals surface area contributed by atoms with Crippen molar-refractivity contribution in [3.8, 4) is 0 Å². The zero-order valence-electron chi connectivity index (χ0n) is 20.5. The van der Waals surface area contributed by atoms with Gasteiger partial charge in [-0.15, -0.1) is 0 Å². The van der Waals surface area contributed by atoms with Crippen LogP contribution in [0.2, 0.25) is 0 Å². The lowest BCUT2D eigenvalue weighted by Crippen LogP contribution is -2.48. The maximum absolute atomic E-state index is 5.34. The molecule has 3 aromatic carbocycles. The molecule has 0 amide bonds. The van der Waals surface area contributed by atoms with Gasteiger partial charge in [-0.1, -0.05) is 90.5 Å². The fourth-order valence-corrected chi connectivity index (χ4v) is 6.39. The molecule has 1 aliphatic carbocycles. The number of allylic oxidation sites excluding steroid dienone is 3. The monoisotopic (exact) mass is 467 g/mol. The van der Waals surface area contributed by atoms with Crippen LogP contribution in [0.3, 0.4) is 0 Å². The van der Waals surface area contributed by atoms with Crippen molar-refractivity contribution in [3.63, 3.8) is 0 Å². The molecule has 3 nitrogen and oxygen atoms in total. The van der Waals surface area contributed by atoms with Crippen molar-refractivity contribution < 1.29 is 0 Å². The zero-order chi connectivity index (χ0) is 24.1. The summed E-state index contributed by atoms with van der Waals surface area (Å²) in [5, 5.41) is 0. The highest BCUT2D eigenvalue weighted by Gasteiger charge is 2.51. The number of benzene rings is 3. The first kappa shape index (κ1) is 21.2. The van der Waals surface area contributed by atoms with Gasteiger partial charge in [-0.3, -0.25) is 4.99 Å². The molecule has 0 radical (unpaired) electrons. The summed E-state index contributed by atoms with van der Waals surface area (Å²) in [7, 11) is 0. The van der Waals surface area contributed by atoms with Gasteiger partial charge in [0.15, 0.2) is 0 Å². The molecule has 0 N–H and O–H groups in total. The summed E-state index contributed by atoms with van der Waals surface area (Å²) >= 11 is 0. The van der Waals surface area contributed by atoms with Gasteiger partial charge in [-0.05, 0) is 48.7 Å². The number of para-hydroxylation sites is 2. The van der Waals surface area contributed by atoms with Gasteiger partial charge in [-0.25, -0.2) is 0 Å². The summed E-state index contributed by atoms with van der Waals surface area (Å²) in [5.74, 6) is 0.311. The Hall–Kier alpha value is -4.11. The summed E-state index contributed by atoms with van der Waals surface area (Å²) in [6.07, 6.45) is 17.7. The number of anilines is 2. The Morgan fingerprint density at radius 2 is 1.64 bits per heavy atom. The molecule has 7 rings (SSSR count). The molecule has 3 aliphatic heterocycles. The number of rotatable bonds is 4. The van der Waals surface area contributed by atoms with E-state index in [0.717, 1.165) is 18.6 Å². The highest BCUT2D eigenvalue weighted by Crippen LogP contribution is 2.56. The molecule has 4 aliphatic rings. The molecule has 176 valence electrons. The largest absolute Gasteiger partial charge is 0.325 e. The van der Waals surface area contributed by atoms with E-state index in [-0.39, 0.29) is 11.7 Å². The lowest BCUT2D eigenvalue weighted by atomic mass is 9.60. The molecular weight excluding hydrogens is 438 g/mol. The maximum Gasteiger partial charge on any atom is 0.114 e. The van der Waals surface area contributed by atoms with Crippen LogP contribution in [-0.2, 0) is 0 Å². The van der Waals surface area contributed by atoms with Crippen LogP contribution in [0.25, 0.3) is 0 Å². The SMILES string of the molecule is Cc1ccccc1N1C=CN(c2ccccc2)C1CC1=CC23C/C=C\C=C/C(=N2)c2ccccc2C13. The Morgan fingerprint density at radius 3 is 2.53 bits per heavy atom. The number of fused-ring (bicyclic) bond motifs is 3. The molecule has 3 heteroatoms. The van der Waals surface area contributed by atoms with Crippen LogP contribution in [0, 0.1) is 6.92 Å². The first-order chi connectivity index (χ1) is 17.7. The third-order valence-corrected chi connectivity index (χ3v) is 8.02. The molecule has 0 saturated carbocycles. The molecule has 1 spiro atoms. The van der Waals surface area contributed by atoms with Crippen molar-refractivity contribution in [2.45, 2.75) is 37.4 Å². The average Bonchev–Trinajstić information content (AvgIpc) is 3.29. The lowest BCUT2D eigenvalue weighted by Gasteiger charge is -2.50. The van der Waals surface area contributed by atoms with Gasteiger partial charge >= 0.3 is 0 Å². The fraction of sp³-hybridized carbons (Fsp3) is 0.182. The molecule has 3 heterocycles. The van der Waals surface area contributed by atoms with Gasteiger partial charge in [0.25, 0.3) is 0 Å². The zero-order valence-corrected chi connectivity index (χ0v) is 20.5. The van der Waals surface area contributed by atoms with Crippen LogP contribution in [0.4, 0.5) is 11.4 Å². The summed E-state index contributed by atoms with van der Waals surface area (Å²) in [6.45, 7) is 2.20. The number of hydrogen-bond acceptors (Lipinski definition) is 3. The number of aryl methyl sites for hydroxylation is 1. The summed E-state index contributed by atoms with van der Waals surface area (Å²) in [5.41, 5.74) is 8.87. The van der Waals surface area contributed by atoms with Gasteiger partial charge in [0.05, 0.1) is 11.3 Å². The van der Waals surface area contributed by atoms with Crippen LogP contribution >= 0.6 is 0 Å². The van der Waals surface area contributed by atoms with Gasteiger partial charge in [0.1, 0.15) is 6.17 Å². The first-order valence-corrected chi connectivity index (χ1v) is 12.8. The number of nitrogens with zero attached hydrogens (tertiary/aromatic N) is 3. The second kappa shape index (κ2) is 8.23. The maximum atomic E-state index is 5.34. The Morgan fingerprint density at radius 1 is 0.861 bits per heavy atom. The van der Waals surface area contributed by atoms with E-state index in [1.54, 1.807) is 0 Å². The van der Waals surface area contributed by atoms with Crippen molar-refractivity contribution in [2.24, 2.45) is 4.99 Å². The van der Waals surface area contributed by atoms with E-state index in [4.69, 9.17) is 4.99 Å². The van der Waals surface area contributed by atoms with E-state index in [9.17, 15) is 0 Å². The van der Waals surface area contributed by atoms with Crippen LogP contribution in [-0.4, -0.2) is 17.4 Å². The Labute approximate surface area is 213 Å². The summed E-state index contributed by atoms with van der Waals surface area (Å²) in [4.78, 5) is 10.2. The van der Waals surface area contributed by atoms with E-state index in [2.05, 4.69) is 138 Å².